The molecule has 0 saturated carbocycles. The van der Waals surface area contributed by atoms with Gasteiger partial charge in [-0.2, -0.15) is 0 Å². The van der Waals surface area contributed by atoms with Crippen molar-refractivity contribution in [3.8, 4) is 0 Å². The third kappa shape index (κ3) is 1.06. The van der Waals surface area contributed by atoms with Crippen LogP contribution in [-0.2, 0) is 12.8 Å². The molecule has 0 saturated heterocycles. The van der Waals surface area contributed by atoms with Crippen LogP contribution in [0, 0.1) is 0 Å². The summed E-state index contributed by atoms with van der Waals surface area (Å²) in [6.07, 6.45) is 11.9. The van der Waals surface area contributed by atoms with Gasteiger partial charge in [-0.3, -0.25) is 19.0 Å². The lowest BCUT2D eigenvalue weighted by molar-refractivity contribution is 0.501. The van der Waals surface area contributed by atoms with Crippen LogP contribution in [0.1, 0.15) is 59.5 Å². The first-order chi connectivity index (χ1) is 11.7. The van der Waals surface area contributed by atoms with Gasteiger partial charge >= 0.3 is 0 Å². The summed E-state index contributed by atoms with van der Waals surface area (Å²) >= 11 is 0. The summed E-state index contributed by atoms with van der Waals surface area (Å²) < 4.78 is 8.20. The van der Waals surface area contributed by atoms with Crippen molar-refractivity contribution in [2.24, 2.45) is 0 Å². The number of fused-ring (bicyclic) bond motifs is 14. The van der Waals surface area contributed by atoms with Gasteiger partial charge in [0.1, 0.15) is 0 Å². The zero-order valence-electron chi connectivity index (χ0n) is 13.1. The smallest absolute Gasteiger partial charge is 0.271 e. The van der Waals surface area contributed by atoms with Crippen molar-refractivity contribution < 1.29 is 0 Å². The van der Waals surface area contributed by atoms with Crippen LogP contribution in [0.2, 0.25) is 0 Å². The molecular formula is C18H16N4O2. The number of hydrogen-bond acceptors (Lipinski definition) is 2. The van der Waals surface area contributed by atoms with Crippen molar-refractivity contribution >= 4 is 0 Å². The van der Waals surface area contributed by atoms with Crippen molar-refractivity contribution in [3.05, 3.63) is 67.5 Å². The highest BCUT2D eigenvalue weighted by Gasteiger charge is 2.43. The molecule has 2 aliphatic heterocycles. The summed E-state index contributed by atoms with van der Waals surface area (Å²) in [6.45, 7) is 0. The monoisotopic (exact) mass is 320 g/mol. The summed E-state index contributed by atoms with van der Waals surface area (Å²) in [4.78, 5) is 25.9. The first-order valence-corrected chi connectivity index (χ1v) is 8.78. The summed E-state index contributed by atoms with van der Waals surface area (Å²) in [6, 6.07) is 1.01. The van der Waals surface area contributed by atoms with Gasteiger partial charge in [0, 0.05) is 35.4 Å². The lowest BCUT2D eigenvalue weighted by Crippen LogP contribution is -2.24. The Bertz CT molecular complexity index is 1050. The second-order valence-electron chi connectivity index (χ2n) is 7.70. The summed E-state index contributed by atoms with van der Waals surface area (Å²) in [5.41, 5.74) is 4.28. The van der Waals surface area contributed by atoms with Gasteiger partial charge in [-0.05, 0) is 12.8 Å². The van der Waals surface area contributed by atoms with Crippen molar-refractivity contribution in [2.75, 3.05) is 0 Å². The van der Waals surface area contributed by atoms with Crippen LogP contribution in [0.3, 0.4) is 0 Å². The molecule has 0 spiro atoms. The molecule has 4 atom stereocenters. The van der Waals surface area contributed by atoms with Crippen molar-refractivity contribution in [3.63, 3.8) is 0 Å². The third-order valence-electron chi connectivity index (χ3n) is 6.67. The van der Waals surface area contributed by atoms with E-state index < -0.39 is 0 Å². The van der Waals surface area contributed by atoms with E-state index in [1.165, 1.54) is 0 Å². The van der Waals surface area contributed by atoms with E-state index in [0.717, 1.165) is 35.4 Å². The lowest BCUT2D eigenvalue weighted by atomic mass is 9.94. The summed E-state index contributed by atoms with van der Waals surface area (Å²) in [5, 5.41) is 0. The molecule has 6 nitrogen and oxygen atoms in total. The Morgan fingerprint density at radius 2 is 1.00 bits per heavy atom. The van der Waals surface area contributed by atoms with E-state index in [-0.39, 0.29) is 23.2 Å². The molecule has 0 fully saturated rings. The predicted octanol–water partition coefficient (Wildman–Crippen LogP) is 1.22. The SMILES string of the molecule is O=c1c2c(n3n1C1C=CC3C1)Cc1c(n3n(c1=O)C1C=CC3C1)C2. The van der Waals surface area contributed by atoms with Gasteiger partial charge in [-0.15, -0.1) is 0 Å². The van der Waals surface area contributed by atoms with Crippen LogP contribution in [0.25, 0.3) is 0 Å². The lowest BCUT2D eigenvalue weighted by Gasteiger charge is -2.20. The Balaban J connectivity index is 1.49. The van der Waals surface area contributed by atoms with Crippen LogP contribution < -0.4 is 11.1 Å². The van der Waals surface area contributed by atoms with Gasteiger partial charge in [0.2, 0.25) is 0 Å². The van der Waals surface area contributed by atoms with Crippen LogP contribution in [-0.4, -0.2) is 18.7 Å². The Labute approximate surface area is 136 Å². The third-order valence-corrected chi connectivity index (χ3v) is 6.67. The maximum absolute atomic E-state index is 13.0. The van der Waals surface area contributed by atoms with E-state index in [9.17, 15) is 9.59 Å². The number of hydrogen-bond donors (Lipinski definition) is 0. The van der Waals surface area contributed by atoms with Crippen molar-refractivity contribution in [1.29, 1.82) is 0 Å². The normalized spacial score (nSPS) is 32.3. The van der Waals surface area contributed by atoms with Gasteiger partial charge < -0.3 is 0 Å². The average Bonchev–Trinajstić information content (AvgIpc) is 3.39. The van der Waals surface area contributed by atoms with E-state index in [1.54, 1.807) is 0 Å². The molecule has 2 aromatic heterocycles. The number of nitrogens with zero attached hydrogens (tertiary/aromatic N) is 4. The van der Waals surface area contributed by atoms with Gasteiger partial charge in [0.15, 0.2) is 0 Å². The molecule has 4 heterocycles. The Hall–Kier alpha value is -2.50. The van der Waals surface area contributed by atoms with Gasteiger partial charge in [-0.1, -0.05) is 24.3 Å². The number of aromatic nitrogens is 4. The molecule has 0 N–H and O–H groups in total. The molecule has 4 bridgehead atoms. The average molecular weight is 320 g/mol. The van der Waals surface area contributed by atoms with Crippen LogP contribution >= 0.6 is 0 Å². The van der Waals surface area contributed by atoms with E-state index >= 15 is 0 Å². The number of rotatable bonds is 0. The standard InChI is InChI=1S/C18H16N4O2/c23-17-13-8-16-14(18(24)22-12-4-2-10(6-12)20(16)22)7-15(13)19-9-1-3-11(5-9)21(17)19/h1-4,9-12H,5-8H2. The maximum Gasteiger partial charge on any atom is 0.271 e. The second kappa shape index (κ2) is 3.45. The fourth-order valence-corrected chi connectivity index (χ4v) is 5.71. The molecule has 7 rings (SSSR count). The highest BCUT2D eigenvalue weighted by Crippen LogP contribution is 2.43. The van der Waals surface area contributed by atoms with Crippen LogP contribution in [0.5, 0.6) is 0 Å². The number of allylic oxidation sites excluding steroid dienone is 4. The zero-order valence-corrected chi connectivity index (χ0v) is 13.1. The Morgan fingerprint density at radius 1 is 0.625 bits per heavy atom. The molecule has 3 aliphatic carbocycles. The van der Waals surface area contributed by atoms with Crippen LogP contribution in [0.15, 0.2) is 33.9 Å². The molecule has 120 valence electrons. The highest BCUT2D eigenvalue weighted by molar-refractivity contribution is 5.42. The summed E-state index contributed by atoms with van der Waals surface area (Å²) in [7, 11) is 0. The minimum atomic E-state index is 0.152. The molecule has 4 unspecified atom stereocenters. The second-order valence-corrected chi connectivity index (χ2v) is 7.70. The summed E-state index contributed by atoms with van der Waals surface area (Å²) in [5.74, 6) is 0. The van der Waals surface area contributed by atoms with Crippen molar-refractivity contribution in [1.82, 2.24) is 18.7 Å². The van der Waals surface area contributed by atoms with Crippen LogP contribution in [0.4, 0.5) is 0 Å². The molecule has 0 aromatic carbocycles. The molecule has 0 radical (unpaired) electrons. The van der Waals surface area contributed by atoms with Gasteiger partial charge in [0.05, 0.1) is 24.2 Å². The highest BCUT2D eigenvalue weighted by atomic mass is 16.1. The van der Waals surface area contributed by atoms with Gasteiger partial charge in [-0.25, -0.2) is 9.36 Å². The first-order valence-electron chi connectivity index (χ1n) is 8.78. The van der Waals surface area contributed by atoms with Crippen molar-refractivity contribution in [2.45, 2.75) is 49.9 Å². The molecule has 5 aliphatic rings. The molecule has 6 heteroatoms. The minimum Gasteiger partial charge on any atom is -0.278 e. The molecule has 2 aromatic rings. The zero-order chi connectivity index (χ0) is 15.7. The predicted molar refractivity (Wildman–Crippen MR) is 86.7 cm³/mol. The Kier molecular flexibility index (Phi) is 1.72. The quantitative estimate of drug-likeness (QED) is 0.585. The molecular weight excluding hydrogens is 304 g/mol. The molecule has 0 amide bonds. The maximum atomic E-state index is 13.0. The first kappa shape index (κ1) is 11.9. The van der Waals surface area contributed by atoms with E-state index in [2.05, 4.69) is 33.7 Å². The fourth-order valence-electron chi connectivity index (χ4n) is 5.71. The topological polar surface area (TPSA) is 53.9 Å². The van der Waals surface area contributed by atoms with E-state index in [1.807, 2.05) is 9.36 Å². The molecule has 24 heavy (non-hydrogen) atoms. The fraction of sp³-hybridized carbons (Fsp3) is 0.444. The van der Waals surface area contributed by atoms with Gasteiger partial charge in [0.25, 0.3) is 11.1 Å². The van der Waals surface area contributed by atoms with E-state index in [0.29, 0.717) is 24.9 Å². The van der Waals surface area contributed by atoms with E-state index in [4.69, 9.17) is 0 Å². The minimum absolute atomic E-state index is 0.152. The Morgan fingerprint density at radius 3 is 1.42 bits per heavy atom. The largest absolute Gasteiger partial charge is 0.278 e.